The minimum Gasteiger partial charge on any atom is -0.317 e. The molecule has 2 unspecified atom stereocenters. The lowest BCUT2D eigenvalue weighted by molar-refractivity contribution is 0.114. The molecule has 0 bridgehead atoms. The molecule has 0 aromatic rings. The maximum absolute atomic E-state index is 3.50. The van der Waals surface area contributed by atoms with Crippen LogP contribution in [0, 0.1) is 17.3 Å². The average Bonchev–Trinajstić information content (AvgIpc) is 2.87. The Balaban J connectivity index is 1.78. The number of hydrogen-bond donors (Lipinski definition) is 1. The number of fused-ring (bicyclic) bond motifs is 2. The van der Waals surface area contributed by atoms with Crippen LogP contribution in [0.15, 0.2) is 0 Å². The largest absolute Gasteiger partial charge is 0.317 e. The summed E-state index contributed by atoms with van der Waals surface area (Å²) in [7, 11) is 0. The second-order valence-corrected chi connectivity index (χ2v) is 5.11. The molecule has 1 nitrogen and oxygen atoms in total. The van der Waals surface area contributed by atoms with E-state index in [0.717, 1.165) is 17.3 Å². The second kappa shape index (κ2) is 2.47. The molecule has 3 rings (SSSR count). The van der Waals surface area contributed by atoms with Gasteiger partial charge in [-0.15, -0.1) is 0 Å². The molecule has 3 aliphatic rings. The third kappa shape index (κ3) is 0.953. The molecule has 0 radical (unpaired) electrons. The number of piperidine rings is 1. The van der Waals surface area contributed by atoms with Crippen molar-refractivity contribution in [2.75, 3.05) is 13.1 Å². The molecule has 0 amide bonds. The summed E-state index contributed by atoms with van der Waals surface area (Å²) >= 11 is 0. The predicted octanol–water partition coefficient (Wildman–Crippen LogP) is 2.18. The third-order valence-corrected chi connectivity index (χ3v) is 4.56. The summed E-state index contributed by atoms with van der Waals surface area (Å²) in [5.41, 5.74) is 0.828. The first-order valence-electron chi connectivity index (χ1n) is 5.61. The summed E-state index contributed by atoms with van der Waals surface area (Å²) in [6.07, 6.45) is 9.18. The van der Waals surface area contributed by atoms with Crippen LogP contribution < -0.4 is 5.32 Å². The Kier molecular flexibility index (Phi) is 1.52. The lowest BCUT2D eigenvalue weighted by atomic mass is 9.68. The van der Waals surface area contributed by atoms with Crippen molar-refractivity contribution >= 4 is 0 Å². The van der Waals surface area contributed by atoms with E-state index in [1.54, 1.807) is 19.3 Å². The van der Waals surface area contributed by atoms with Gasteiger partial charge < -0.3 is 5.32 Å². The number of rotatable bonds is 0. The first-order chi connectivity index (χ1) is 5.91. The van der Waals surface area contributed by atoms with Crippen LogP contribution in [0.5, 0.6) is 0 Å². The molecule has 68 valence electrons. The Morgan fingerprint density at radius 1 is 1.08 bits per heavy atom. The molecule has 2 saturated carbocycles. The lowest BCUT2D eigenvalue weighted by Gasteiger charge is -2.41. The highest BCUT2D eigenvalue weighted by Gasteiger charge is 2.54. The van der Waals surface area contributed by atoms with Crippen molar-refractivity contribution in [3.63, 3.8) is 0 Å². The van der Waals surface area contributed by atoms with E-state index in [2.05, 4.69) is 5.32 Å². The van der Waals surface area contributed by atoms with Crippen LogP contribution in [-0.4, -0.2) is 13.1 Å². The van der Waals surface area contributed by atoms with Gasteiger partial charge in [0, 0.05) is 0 Å². The summed E-state index contributed by atoms with van der Waals surface area (Å²) in [5, 5.41) is 3.50. The molecule has 2 aliphatic carbocycles. The molecule has 3 fully saturated rings. The molecule has 1 aliphatic heterocycles. The fourth-order valence-electron chi connectivity index (χ4n) is 3.76. The van der Waals surface area contributed by atoms with Crippen molar-refractivity contribution in [2.24, 2.45) is 17.3 Å². The van der Waals surface area contributed by atoms with Crippen LogP contribution in [0.2, 0.25) is 0 Å². The van der Waals surface area contributed by atoms with Crippen LogP contribution in [0.1, 0.15) is 38.5 Å². The molecule has 1 heteroatoms. The van der Waals surface area contributed by atoms with Gasteiger partial charge in [-0.25, -0.2) is 0 Å². The van der Waals surface area contributed by atoms with Gasteiger partial charge in [-0.3, -0.25) is 0 Å². The van der Waals surface area contributed by atoms with Gasteiger partial charge in [0.2, 0.25) is 0 Å². The first-order valence-corrected chi connectivity index (χ1v) is 5.61. The van der Waals surface area contributed by atoms with E-state index in [4.69, 9.17) is 0 Å². The Bertz CT molecular complexity index is 176. The van der Waals surface area contributed by atoms with Crippen LogP contribution in [-0.2, 0) is 0 Å². The van der Waals surface area contributed by atoms with Gasteiger partial charge in [-0.05, 0) is 56.0 Å². The maximum Gasteiger partial charge on any atom is -0.00435 e. The second-order valence-electron chi connectivity index (χ2n) is 5.11. The summed E-state index contributed by atoms with van der Waals surface area (Å²) < 4.78 is 0. The van der Waals surface area contributed by atoms with E-state index in [9.17, 15) is 0 Å². The fourth-order valence-corrected chi connectivity index (χ4v) is 3.76. The molecular weight excluding hydrogens is 146 g/mol. The molecule has 1 heterocycles. The SMILES string of the molecule is C1CC2CC2C2(C1)CCNCC2. The Morgan fingerprint density at radius 3 is 2.75 bits per heavy atom. The molecule has 1 spiro atoms. The zero-order chi connectivity index (χ0) is 8.02. The quantitative estimate of drug-likeness (QED) is 0.580. The lowest BCUT2D eigenvalue weighted by Crippen LogP contribution is -2.39. The molecule has 2 atom stereocenters. The highest BCUT2D eigenvalue weighted by Crippen LogP contribution is 2.62. The normalized spacial score (nSPS) is 44.0. The minimum atomic E-state index is 0.828. The van der Waals surface area contributed by atoms with Crippen LogP contribution in [0.3, 0.4) is 0 Å². The topological polar surface area (TPSA) is 12.0 Å². The van der Waals surface area contributed by atoms with Gasteiger partial charge in [0.05, 0.1) is 0 Å². The molecule has 12 heavy (non-hydrogen) atoms. The molecule has 1 saturated heterocycles. The van der Waals surface area contributed by atoms with Gasteiger partial charge >= 0.3 is 0 Å². The van der Waals surface area contributed by atoms with Crippen LogP contribution in [0.25, 0.3) is 0 Å². The van der Waals surface area contributed by atoms with Crippen LogP contribution in [0.4, 0.5) is 0 Å². The van der Waals surface area contributed by atoms with E-state index in [1.165, 1.54) is 32.4 Å². The van der Waals surface area contributed by atoms with Gasteiger partial charge in [0.25, 0.3) is 0 Å². The van der Waals surface area contributed by atoms with Gasteiger partial charge in [0.15, 0.2) is 0 Å². The number of hydrogen-bond acceptors (Lipinski definition) is 1. The standard InChI is InChI=1S/C11H19N/c1-2-9-8-10(9)11(3-1)4-6-12-7-5-11/h9-10,12H,1-8H2. The molecule has 0 aromatic carbocycles. The minimum absolute atomic E-state index is 0.828. The highest BCUT2D eigenvalue weighted by atomic mass is 14.9. The predicted molar refractivity (Wildman–Crippen MR) is 50.0 cm³/mol. The molecular formula is C11H19N. The molecule has 1 N–H and O–H groups in total. The highest BCUT2D eigenvalue weighted by molar-refractivity contribution is 5.04. The van der Waals surface area contributed by atoms with Crippen LogP contribution >= 0.6 is 0 Å². The van der Waals surface area contributed by atoms with E-state index in [-0.39, 0.29) is 0 Å². The van der Waals surface area contributed by atoms with E-state index < -0.39 is 0 Å². The summed E-state index contributed by atoms with van der Waals surface area (Å²) in [4.78, 5) is 0. The van der Waals surface area contributed by atoms with Gasteiger partial charge in [-0.1, -0.05) is 12.8 Å². The monoisotopic (exact) mass is 165 g/mol. The first kappa shape index (κ1) is 7.37. The summed E-state index contributed by atoms with van der Waals surface area (Å²) in [6, 6.07) is 0. The summed E-state index contributed by atoms with van der Waals surface area (Å²) in [5.74, 6) is 2.32. The zero-order valence-electron chi connectivity index (χ0n) is 7.81. The summed E-state index contributed by atoms with van der Waals surface area (Å²) in [6.45, 7) is 2.59. The zero-order valence-corrected chi connectivity index (χ0v) is 7.81. The van der Waals surface area contributed by atoms with Crippen molar-refractivity contribution in [2.45, 2.75) is 38.5 Å². The van der Waals surface area contributed by atoms with Gasteiger partial charge in [0.1, 0.15) is 0 Å². The van der Waals surface area contributed by atoms with Crippen molar-refractivity contribution in [3.8, 4) is 0 Å². The van der Waals surface area contributed by atoms with Gasteiger partial charge in [-0.2, -0.15) is 0 Å². The molecule has 0 aromatic heterocycles. The van der Waals surface area contributed by atoms with Crippen molar-refractivity contribution in [3.05, 3.63) is 0 Å². The Hall–Kier alpha value is -0.0400. The van der Waals surface area contributed by atoms with E-state index in [0.29, 0.717) is 0 Å². The number of nitrogens with one attached hydrogen (secondary N) is 1. The van der Waals surface area contributed by atoms with Crippen molar-refractivity contribution in [1.82, 2.24) is 5.32 Å². The maximum atomic E-state index is 3.50. The van der Waals surface area contributed by atoms with E-state index >= 15 is 0 Å². The van der Waals surface area contributed by atoms with E-state index in [1.807, 2.05) is 0 Å². The smallest absolute Gasteiger partial charge is 0.00435 e. The Morgan fingerprint density at radius 2 is 1.92 bits per heavy atom. The Labute approximate surface area is 74.9 Å². The fraction of sp³-hybridized carbons (Fsp3) is 1.00. The average molecular weight is 165 g/mol. The van der Waals surface area contributed by atoms with Crippen molar-refractivity contribution in [1.29, 1.82) is 0 Å². The third-order valence-electron chi connectivity index (χ3n) is 4.56. The van der Waals surface area contributed by atoms with Crippen molar-refractivity contribution < 1.29 is 0 Å².